The van der Waals surface area contributed by atoms with Gasteiger partial charge in [0.05, 0.1) is 0 Å². The van der Waals surface area contributed by atoms with Crippen molar-refractivity contribution >= 4 is 0 Å². The van der Waals surface area contributed by atoms with Crippen molar-refractivity contribution in [2.75, 3.05) is 13.1 Å². The summed E-state index contributed by atoms with van der Waals surface area (Å²) in [6.45, 7) is 9.93. The lowest BCUT2D eigenvalue weighted by Gasteiger charge is -2.36. The molecule has 0 saturated carbocycles. The van der Waals surface area contributed by atoms with Gasteiger partial charge >= 0.3 is 0 Å². The van der Waals surface area contributed by atoms with E-state index in [9.17, 15) is 0 Å². The highest BCUT2D eigenvalue weighted by molar-refractivity contribution is 5.21. The van der Waals surface area contributed by atoms with E-state index >= 15 is 0 Å². The quantitative estimate of drug-likeness (QED) is 0.818. The molecule has 1 aliphatic heterocycles. The van der Waals surface area contributed by atoms with Crippen molar-refractivity contribution in [3.63, 3.8) is 0 Å². The van der Waals surface area contributed by atoms with Gasteiger partial charge in [-0.3, -0.25) is 9.88 Å². The second kappa shape index (κ2) is 4.93. The molecule has 1 fully saturated rings. The molecule has 1 aromatic heterocycles. The normalized spacial score (nSPS) is 26.9. The molecule has 3 nitrogen and oxygen atoms in total. The number of aromatic nitrogens is 1. The van der Waals surface area contributed by atoms with Crippen molar-refractivity contribution in [1.29, 1.82) is 0 Å². The van der Waals surface area contributed by atoms with E-state index in [1.165, 1.54) is 11.1 Å². The number of aryl methyl sites for hydroxylation is 1. The first kappa shape index (κ1) is 11.6. The van der Waals surface area contributed by atoms with E-state index in [2.05, 4.69) is 42.0 Å². The summed E-state index contributed by atoms with van der Waals surface area (Å²) < 4.78 is 0. The Balaban J connectivity index is 2.02. The molecule has 0 radical (unpaired) electrons. The maximum Gasteiger partial charge on any atom is 0.0315 e. The molecule has 2 atom stereocenters. The summed E-state index contributed by atoms with van der Waals surface area (Å²) in [5.74, 6) is 0. The van der Waals surface area contributed by atoms with Gasteiger partial charge in [-0.25, -0.2) is 0 Å². The molecule has 88 valence electrons. The summed E-state index contributed by atoms with van der Waals surface area (Å²) in [5, 5.41) is 3.55. The zero-order chi connectivity index (χ0) is 11.5. The monoisotopic (exact) mass is 219 g/mol. The van der Waals surface area contributed by atoms with Gasteiger partial charge in [-0.15, -0.1) is 0 Å². The average Bonchev–Trinajstić information content (AvgIpc) is 2.20. The van der Waals surface area contributed by atoms with E-state index in [4.69, 9.17) is 0 Å². The summed E-state index contributed by atoms with van der Waals surface area (Å²) >= 11 is 0. The number of nitrogens with one attached hydrogen (secondary N) is 1. The summed E-state index contributed by atoms with van der Waals surface area (Å²) in [6.07, 6.45) is 3.86. The van der Waals surface area contributed by atoms with Gasteiger partial charge in [0.2, 0.25) is 0 Å². The number of nitrogens with zero attached hydrogens (tertiary/aromatic N) is 2. The lowest BCUT2D eigenvalue weighted by molar-refractivity contribution is 0.166. The standard InChI is InChI=1S/C13H21N3/c1-10-4-5-14-6-13(10)9-16-7-11(2)15-12(3)8-16/h4-6,11-12,15H,7-9H2,1-3H3. The minimum absolute atomic E-state index is 0.584. The molecular weight excluding hydrogens is 198 g/mol. The van der Waals surface area contributed by atoms with Gasteiger partial charge in [0.25, 0.3) is 0 Å². The molecule has 1 N–H and O–H groups in total. The molecule has 3 heteroatoms. The van der Waals surface area contributed by atoms with Crippen molar-refractivity contribution in [3.8, 4) is 0 Å². The molecule has 2 unspecified atom stereocenters. The predicted molar refractivity (Wildman–Crippen MR) is 66.3 cm³/mol. The fourth-order valence-corrected chi connectivity index (χ4v) is 2.47. The molecule has 0 aliphatic carbocycles. The van der Waals surface area contributed by atoms with Crippen molar-refractivity contribution in [3.05, 3.63) is 29.6 Å². The smallest absolute Gasteiger partial charge is 0.0315 e. The van der Waals surface area contributed by atoms with Gasteiger partial charge in [0.1, 0.15) is 0 Å². The molecular formula is C13H21N3. The van der Waals surface area contributed by atoms with Gasteiger partial charge in [0, 0.05) is 44.1 Å². The Kier molecular flexibility index (Phi) is 3.56. The van der Waals surface area contributed by atoms with Crippen LogP contribution in [0.15, 0.2) is 18.5 Å². The van der Waals surface area contributed by atoms with Gasteiger partial charge in [-0.2, -0.15) is 0 Å². The van der Waals surface area contributed by atoms with Crippen LogP contribution in [-0.2, 0) is 6.54 Å². The predicted octanol–water partition coefficient (Wildman–Crippen LogP) is 1.57. The minimum atomic E-state index is 0.584. The Morgan fingerprint density at radius 3 is 2.69 bits per heavy atom. The highest BCUT2D eigenvalue weighted by Crippen LogP contribution is 2.12. The average molecular weight is 219 g/mol. The maximum absolute atomic E-state index is 4.21. The number of hydrogen-bond donors (Lipinski definition) is 1. The Morgan fingerprint density at radius 1 is 1.38 bits per heavy atom. The minimum Gasteiger partial charge on any atom is -0.309 e. The topological polar surface area (TPSA) is 28.2 Å². The summed E-state index contributed by atoms with van der Waals surface area (Å²) in [5.41, 5.74) is 2.69. The fourth-order valence-electron chi connectivity index (χ4n) is 2.47. The summed E-state index contributed by atoms with van der Waals surface area (Å²) in [4.78, 5) is 6.72. The van der Waals surface area contributed by atoms with Crippen LogP contribution in [0.4, 0.5) is 0 Å². The Hall–Kier alpha value is -0.930. The van der Waals surface area contributed by atoms with Crippen molar-refractivity contribution in [2.45, 2.75) is 39.4 Å². The van der Waals surface area contributed by atoms with Crippen LogP contribution in [0.1, 0.15) is 25.0 Å². The fraction of sp³-hybridized carbons (Fsp3) is 0.615. The zero-order valence-corrected chi connectivity index (χ0v) is 10.4. The van der Waals surface area contributed by atoms with Crippen LogP contribution in [0.2, 0.25) is 0 Å². The first-order valence-electron chi connectivity index (χ1n) is 6.03. The Bertz CT molecular complexity index is 341. The second-order valence-electron chi connectivity index (χ2n) is 4.97. The number of piperazine rings is 1. The van der Waals surface area contributed by atoms with Crippen LogP contribution in [0.5, 0.6) is 0 Å². The zero-order valence-electron chi connectivity index (χ0n) is 10.4. The summed E-state index contributed by atoms with van der Waals surface area (Å²) in [7, 11) is 0. The van der Waals surface area contributed by atoms with Gasteiger partial charge in [-0.1, -0.05) is 0 Å². The SMILES string of the molecule is Cc1ccncc1CN1CC(C)NC(C)C1. The molecule has 0 amide bonds. The van der Waals surface area contributed by atoms with Crippen molar-refractivity contribution in [2.24, 2.45) is 0 Å². The number of pyridine rings is 1. The molecule has 16 heavy (non-hydrogen) atoms. The van der Waals surface area contributed by atoms with Crippen LogP contribution < -0.4 is 5.32 Å². The van der Waals surface area contributed by atoms with Crippen LogP contribution >= 0.6 is 0 Å². The number of hydrogen-bond acceptors (Lipinski definition) is 3. The Morgan fingerprint density at radius 2 is 2.06 bits per heavy atom. The van der Waals surface area contributed by atoms with Crippen molar-refractivity contribution in [1.82, 2.24) is 15.2 Å². The lowest BCUT2D eigenvalue weighted by Crippen LogP contribution is -2.53. The van der Waals surface area contributed by atoms with Gasteiger partial charge in [-0.05, 0) is 38.0 Å². The van der Waals surface area contributed by atoms with Crippen LogP contribution in [-0.4, -0.2) is 35.1 Å². The first-order valence-corrected chi connectivity index (χ1v) is 6.03. The molecule has 2 rings (SSSR count). The van der Waals surface area contributed by atoms with Crippen LogP contribution in [0.25, 0.3) is 0 Å². The lowest BCUT2D eigenvalue weighted by atomic mass is 10.1. The van der Waals surface area contributed by atoms with E-state index in [1.807, 2.05) is 12.4 Å². The molecule has 0 spiro atoms. The van der Waals surface area contributed by atoms with Crippen LogP contribution in [0, 0.1) is 6.92 Å². The van der Waals surface area contributed by atoms with E-state index in [1.54, 1.807) is 0 Å². The molecule has 1 aromatic rings. The second-order valence-corrected chi connectivity index (χ2v) is 4.97. The first-order chi connectivity index (χ1) is 7.65. The van der Waals surface area contributed by atoms with E-state index in [0.29, 0.717) is 12.1 Å². The van der Waals surface area contributed by atoms with E-state index in [0.717, 1.165) is 19.6 Å². The van der Waals surface area contributed by atoms with E-state index in [-0.39, 0.29) is 0 Å². The highest BCUT2D eigenvalue weighted by atomic mass is 15.2. The molecule has 0 aromatic carbocycles. The number of rotatable bonds is 2. The molecule has 2 heterocycles. The maximum atomic E-state index is 4.21. The van der Waals surface area contributed by atoms with Crippen LogP contribution in [0.3, 0.4) is 0 Å². The largest absolute Gasteiger partial charge is 0.309 e. The third-order valence-electron chi connectivity index (χ3n) is 3.17. The summed E-state index contributed by atoms with van der Waals surface area (Å²) in [6, 6.07) is 3.26. The van der Waals surface area contributed by atoms with Crippen molar-refractivity contribution < 1.29 is 0 Å². The van der Waals surface area contributed by atoms with Gasteiger partial charge < -0.3 is 5.32 Å². The molecule has 0 bridgehead atoms. The molecule has 1 aliphatic rings. The van der Waals surface area contributed by atoms with Gasteiger partial charge in [0.15, 0.2) is 0 Å². The third-order valence-corrected chi connectivity index (χ3v) is 3.17. The molecule has 1 saturated heterocycles. The highest BCUT2D eigenvalue weighted by Gasteiger charge is 2.20. The Labute approximate surface area is 97.9 Å². The van der Waals surface area contributed by atoms with E-state index < -0.39 is 0 Å². The third kappa shape index (κ3) is 2.80.